The van der Waals surface area contributed by atoms with Gasteiger partial charge in [-0.15, -0.1) is 0 Å². The van der Waals surface area contributed by atoms with Crippen LogP contribution in [0.5, 0.6) is 11.5 Å². The standard InChI is InChI=1S/C24H24N4O4/c1-28-18(14-26-7-8-29)15-27-24(28)21(30)11-16-3-2-4-19(20(16)13-25)17-5-6-22-23(12-17)32-10-9-31-22/h2-6,12,15,26,29H,7-11,14H2,1H3. The molecular weight excluding hydrogens is 408 g/mol. The van der Waals surface area contributed by atoms with Crippen LogP contribution < -0.4 is 14.8 Å². The zero-order chi connectivity index (χ0) is 22.5. The molecule has 4 rings (SSSR count). The van der Waals surface area contributed by atoms with E-state index in [1.807, 2.05) is 30.3 Å². The van der Waals surface area contributed by atoms with Gasteiger partial charge in [-0.2, -0.15) is 5.26 Å². The molecule has 0 radical (unpaired) electrons. The number of aromatic nitrogens is 2. The van der Waals surface area contributed by atoms with Crippen molar-refractivity contribution in [3.8, 4) is 28.7 Å². The van der Waals surface area contributed by atoms with Gasteiger partial charge >= 0.3 is 0 Å². The molecule has 2 aromatic carbocycles. The summed E-state index contributed by atoms with van der Waals surface area (Å²) in [6.07, 6.45) is 1.71. The lowest BCUT2D eigenvalue weighted by Crippen LogP contribution is -2.20. The van der Waals surface area contributed by atoms with Gasteiger partial charge in [0.25, 0.3) is 0 Å². The second kappa shape index (κ2) is 9.64. The molecule has 8 heteroatoms. The molecule has 3 aromatic rings. The maximum absolute atomic E-state index is 13.0. The van der Waals surface area contributed by atoms with Gasteiger partial charge in [0, 0.05) is 26.6 Å². The molecule has 0 spiro atoms. The molecule has 0 unspecified atom stereocenters. The van der Waals surface area contributed by atoms with E-state index in [0.29, 0.717) is 54.8 Å². The molecule has 0 fully saturated rings. The van der Waals surface area contributed by atoms with E-state index < -0.39 is 0 Å². The molecule has 164 valence electrons. The Kier molecular flexibility index (Phi) is 6.50. The Morgan fingerprint density at radius 1 is 1.25 bits per heavy atom. The SMILES string of the molecule is Cn1c(CNCCO)cnc1C(=O)Cc1cccc(-c2ccc3c(c2)OCCO3)c1C#N. The van der Waals surface area contributed by atoms with Gasteiger partial charge in [-0.05, 0) is 28.8 Å². The van der Waals surface area contributed by atoms with Crippen molar-refractivity contribution < 1.29 is 19.4 Å². The second-order valence-electron chi connectivity index (χ2n) is 7.44. The number of nitrogens with one attached hydrogen (secondary N) is 1. The Hall–Kier alpha value is -3.67. The number of nitriles is 1. The van der Waals surface area contributed by atoms with Crippen molar-refractivity contribution in [1.29, 1.82) is 5.26 Å². The fourth-order valence-electron chi connectivity index (χ4n) is 3.75. The van der Waals surface area contributed by atoms with Crippen molar-refractivity contribution in [2.45, 2.75) is 13.0 Å². The zero-order valence-corrected chi connectivity index (χ0v) is 17.8. The third-order valence-corrected chi connectivity index (χ3v) is 5.40. The van der Waals surface area contributed by atoms with Gasteiger partial charge in [-0.25, -0.2) is 4.98 Å². The summed E-state index contributed by atoms with van der Waals surface area (Å²) in [5, 5.41) is 21.9. The second-order valence-corrected chi connectivity index (χ2v) is 7.44. The largest absolute Gasteiger partial charge is 0.486 e. The summed E-state index contributed by atoms with van der Waals surface area (Å²) in [4.78, 5) is 17.3. The van der Waals surface area contributed by atoms with E-state index in [1.165, 1.54) is 0 Å². The van der Waals surface area contributed by atoms with E-state index in [2.05, 4.69) is 16.4 Å². The molecule has 2 heterocycles. The Labute approximate surface area is 186 Å². The number of hydrogen-bond donors (Lipinski definition) is 2. The smallest absolute Gasteiger partial charge is 0.202 e. The highest BCUT2D eigenvalue weighted by atomic mass is 16.6. The molecule has 1 aliphatic heterocycles. The summed E-state index contributed by atoms with van der Waals surface area (Å²) in [5.74, 6) is 1.49. The van der Waals surface area contributed by atoms with Crippen LogP contribution in [0.3, 0.4) is 0 Å². The van der Waals surface area contributed by atoms with Crippen LogP contribution in [-0.4, -0.2) is 46.8 Å². The van der Waals surface area contributed by atoms with Gasteiger partial charge < -0.3 is 24.5 Å². The van der Waals surface area contributed by atoms with Gasteiger partial charge in [-0.1, -0.05) is 24.3 Å². The number of carbonyl (C=O) groups is 1. The van der Waals surface area contributed by atoms with Gasteiger partial charge in [0.05, 0.1) is 24.1 Å². The number of aliphatic hydroxyl groups is 1. The third kappa shape index (κ3) is 4.35. The first kappa shape index (κ1) is 21.6. The van der Waals surface area contributed by atoms with Crippen LogP contribution in [0.15, 0.2) is 42.6 Å². The number of ether oxygens (including phenoxy) is 2. The molecule has 1 aromatic heterocycles. The molecule has 0 bridgehead atoms. The molecule has 0 atom stereocenters. The first-order valence-corrected chi connectivity index (χ1v) is 10.4. The summed E-state index contributed by atoms with van der Waals surface area (Å²) in [6.45, 7) is 2.00. The number of aliphatic hydroxyl groups excluding tert-OH is 1. The van der Waals surface area contributed by atoms with Crippen LogP contribution in [0, 0.1) is 11.3 Å². The van der Waals surface area contributed by atoms with Crippen LogP contribution >= 0.6 is 0 Å². The fraction of sp³-hybridized carbons (Fsp3) is 0.292. The van der Waals surface area contributed by atoms with Crippen molar-refractivity contribution in [3.05, 3.63) is 65.2 Å². The van der Waals surface area contributed by atoms with E-state index >= 15 is 0 Å². The Morgan fingerprint density at radius 2 is 2.06 bits per heavy atom. The zero-order valence-electron chi connectivity index (χ0n) is 17.8. The number of ketones is 1. The lowest BCUT2D eigenvalue weighted by atomic mass is 9.93. The predicted octanol–water partition coefficient (Wildman–Crippen LogP) is 2.24. The molecule has 0 saturated heterocycles. The van der Waals surface area contributed by atoms with Crippen molar-refractivity contribution in [2.75, 3.05) is 26.4 Å². The van der Waals surface area contributed by atoms with E-state index in [4.69, 9.17) is 14.6 Å². The van der Waals surface area contributed by atoms with Crippen molar-refractivity contribution in [1.82, 2.24) is 14.9 Å². The van der Waals surface area contributed by atoms with Crippen molar-refractivity contribution in [2.24, 2.45) is 7.05 Å². The number of nitrogens with zero attached hydrogens (tertiary/aromatic N) is 3. The first-order chi connectivity index (χ1) is 15.6. The number of hydrogen-bond acceptors (Lipinski definition) is 7. The number of imidazole rings is 1. The molecule has 2 N–H and O–H groups in total. The quantitative estimate of drug-likeness (QED) is 0.415. The van der Waals surface area contributed by atoms with E-state index in [9.17, 15) is 10.1 Å². The van der Waals surface area contributed by atoms with E-state index in [-0.39, 0.29) is 18.8 Å². The summed E-state index contributed by atoms with van der Waals surface area (Å²) < 4.78 is 13.0. The number of Topliss-reactive ketones (excluding diaryl/α,β-unsaturated/α-hetero) is 1. The van der Waals surface area contributed by atoms with Gasteiger partial charge in [0.1, 0.15) is 19.3 Å². The monoisotopic (exact) mass is 432 g/mol. The lowest BCUT2D eigenvalue weighted by molar-refractivity contribution is 0.0979. The minimum absolute atomic E-state index is 0.0420. The maximum Gasteiger partial charge on any atom is 0.202 e. The summed E-state index contributed by atoms with van der Waals surface area (Å²) in [5.41, 5.74) is 3.51. The molecule has 8 nitrogen and oxygen atoms in total. The first-order valence-electron chi connectivity index (χ1n) is 10.4. The van der Waals surface area contributed by atoms with Gasteiger partial charge in [-0.3, -0.25) is 4.79 Å². The highest BCUT2D eigenvalue weighted by Gasteiger charge is 2.19. The number of benzene rings is 2. The molecule has 0 saturated carbocycles. The fourth-order valence-corrected chi connectivity index (χ4v) is 3.75. The minimum atomic E-state index is -0.170. The summed E-state index contributed by atoms with van der Waals surface area (Å²) in [6, 6.07) is 13.4. The number of rotatable bonds is 8. The van der Waals surface area contributed by atoms with Crippen LogP contribution in [-0.2, 0) is 20.0 Å². The Bertz CT molecular complexity index is 1180. The molecular formula is C24H24N4O4. The average molecular weight is 432 g/mol. The van der Waals surface area contributed by atoms with Gasteiger partial charge in [0.2, 0.25) is 5.78 Å². The van der Waals surface area contributed by atoms with Crippen molar-refractivity contribution in [3.63, 3.8) is 0 Å². The van der Waals surface area contributed by atoms with Crippen molar-refractivity contribution >= 4 is 5.78 Å². The van der Waals surface area contributed by atoms with Crippen LogP contribution in [0.4, 0.5) is 0 Å². The normalized spacial score (nSPS) is 12.4. The lowest BCUT2D eigenvalue weighted by Gasteiger charge is -2.19. The third-order valence-electron chi connectivity index (χ3n) is 5.40. The van der Waals surface area contributed by atoms with Crippen LogP contribution in [0.2, 0.25) is 0 Å². The molecule has 0 aliphatic carbocycles. The number of carbonyl (C=O) groups excluding carboxylic acids is 1. The predicted molar refractivity (Wildman–Crippen MR) is 118 cm³/mol. The number of fused-ring (bicyclic) bond motifs is 1. The van der Waals surface area contributed by atoms with E-state index in [1.54, 1.807) is 23.9 Å². The van der Waals surface area contributed by atoms with E-state index in [0.717, 1.165) is 16.8 Å². The summed E-state index contributed by atoms with van der Waals surface area (Å²) >= 11 is 0. The highest BCUT2D eigenvalue weighted by molar-refractivity contribution is 5.95. The maximum atomic E-state index is 13.0. The molecule has 0 amide bonds. The van der Waals surface area contributed by atoms with Crippen LogP contribution in [0.1, 0.15) is 27.4 Å². The van der Waals surface area contributed by atoms with Gasteiger partial charge in [0.15, 0.2) is 17.3 Å². The molecule has 1 aliphatic rings. The average Bonchev–Trinajstić information content (AvgIpc) is 3.19. The molecule has 32 heavy (non-hydrogen) atoms. The Morgan fingerprint density at radius 3 is 2.84 bits per heavy atom. The Balaban J connectivity index is 1.59. The highest BCUT2D eigenvalue weighted by Crippen LogP contribution is 2.36. The van der Waals surface area contributed by atoms with Crippen LogP contribution in [0.25, 0.3) is 11.1 Å². The topological polar surface area (TPSA) is 109 Å². The summed E-state index contributed by atoms with van der Waals surface area (Å²) in [7, 11) is 1.78. The minimum Gasteiger partial charge on any atom is -0.486 e.